The van der Waals surface area contributed by atoms with Gasteiger partial charge in [0.2, 0.25) is 5.91 Å². The van der Waals surface area contributed by atoms with E-state index in [9.17, 15) is 4.79 Å². The topological polar surface area (TPSA) is 63.5 Å². The molecular formula is C17H22N2O3. The van der Waals surface area contributed by atoms with Gasteiger partial charge in [0.15, 0.2) is 0 Å². The highest BCUT2D eigenvalue weighted by Crippen LogP contribution is 2.17. The van der Waals surface area contributed by atoms with E-state index >= 15 is 0 Å². The summed E-state index contributed by atoms with van der Waals surface area (Å²) in [7, 11) is 0. The van der Waals surface area contributed by atoms with Crippen LogP contribution in [0.25, 0.3) is 0 Å². The molecule has 0 atom stereocenters. The lowest BCUT2D eigenvalue weighted by Gasteiger charge is -2.09. The van der Waals surface area contributed by atoms with Crippen LogP contribution in [-0.4, -0.2) is 19.1 Å². The van der Waals surface area contributed by atoms with Crippen molar-refractivity contribution in [2.75, 3.05) is 18.5 Å². The molecule has 0 unspecified atom stereocenters. The first-order valence-electron chi connectivity index (χ1n) is 7.53. The molecule has 0 radical (unpaired) electrons. The van der Waals surface area contributed by atoms with E-state index in [1.165, 1.54) is 0 Å². The standard InChI is InChI=1S/C17H22N2O3/c1-2-3-9-21-15-7-4-6-14(11-15)19-17(20)13-18-12-16-8-5-10-22-16/h4-8,10-11,18H,2-3,9,12-13H2,1H3,(H,19,20). The van der Waals surface area contributed by atoms with E-state index in [0.29, 0.717) is 13.2 Å². The monoisotopic (exact) mass is 302 g/mol. The van der Waals surface area contributed by atoms with Crippen LogP contribution in [0.4, 0.5) is 5.69 Å². The number of benzene rings is 1. The second kappa shape index (κ2) is 8.89. The zero-order valence-electron chi connectivity index (χ0n) is 12.8. The SMILES string of the molecule is CCCCOc1cccc(NC(=O)CNCc2ccco2)c1. The molecular weight excluding hydrogens is 280 g/mol. The third kappa shape index (κ3) is 5.61. The third-order valence-corrected chi connectivity index (χ3v) is 3.05. The Morgan fingerprint density at radius 1 is 1.27 bits per heavy atom. The zero-order valence-corrected chi connectivity index (χ0v) is 12.8. The molecule has 1 amide bonds. The molecule has 0 saturated heterocycles. The summed E-state index contributed by atoms with van der Waals surface area (Å²) < 4.78 is 10.8. The molecule has 1 aromatic heterocycles. The van der Waals surface area contributed by atoms with Gasteiger partial charge < -0.3 is 19.8 Å². The highest BCUT2D eigenvalue weighted by molar-refractivity contribution is 5.92. The number of ether oxygens (including phenoxy) is 1. The average Bonchev–Trinajstić information content (AvgIpc) is 3.01. The quantitative estimate of drug-likeness (QED) is 0.698. The first-order chi connectivity index (χ1) is 10.8. The minimum Gasteiger partial charge on any atom is -0.494 e. The molecule has 0 aliphatic rings. The van der Waals surface area contributed by atoms with Crippen molar-refractivity contribution < 1.29 is 13.9 Å². The first kappa shape index (κ1) is 16.1. The normalized spacial score (nSPS) is 10.4. The number of hydrogen-bond donors (Lipinski definition) is 2. The van der Waals surface area contributed by atoms with Crippen molar-refractivity contribution in [3.05, 3.63) is 48.4 Å². The Hall–Kier alpha value is -2.27. The number of rotatable bonds is 9. The van der Waals surface area contributed by atoms with Crippen LogP contribution in [0, 0.1) is 0 Å². The van der Waals surface area contributed by atoms with Crippen LogP contribution in [-0.2, 0) is 11.3 Å². The Bertz CT molecular complexity index is 567. The Labute approximate surface area is 130 Å². The summed E-state index contributed by atoms with van der Waals surface area (Å²) in [5.41, 5.74) is 0.735. The lowest BCUT2D eigenvalue weighted by molar-refractivity contribution is -0.115. The fraction of sp³-hybridized carbons (Fsp3) is 0.353. The van der Waals surface area contributed by atoms with Crippen molar-refractivity contribution in [3.8, 4) is 5.75 Å². The van der Waals surface area contributed by atoms with E-state index in [1.807, 2.05) is 36.4 Å². The Kier molecular flexibility index (Phi) is 6.51. The maximum absolute atomic E-state index is 11.9. The minimum atomic E-state index is -0.0998. The summed E-state index contributed by atoms with van der Waals surface area (Å²) in [5, 5.41) is 5.87. The van der Waals surface area contributed by atoms with Crippen LogP contribution < -0.4 is 15.4 Å². The molecule has 0 aliphatic heterocycles. The van der Waals surface area contributed by atoms with Crippen molar-refractivity contribution >= 4 is 11.6 Å². The Balaban J connectivity index is 1.74. The minimum absolute atomic E-state index is 0.0998. The van der Waals surface area contributed by atoms with E-state index in [0.717, 1.165) is 30.0 Å². The van der Waals surface area contributed by atoms with Gasteiger partial charge in [-0.2, -0.15) is 0 Å². The van der Waals surface area contributed by atoms with E-state index in [-0.39, 0.29) is 12.5 Å². The van der Waals surface area contributed by atoms with Gasteiger partial charge in [0, 0.05) is 11.8 Å². The van der Waals surface area contributed by atoms with Gasteiger partial charge in [0.1, 0.15) is 11.5 Å². The molecule has 2 N–H and O–H groups in total. The highest BCUT2D eigenvalue weighted by atomic mass is 16.5. The lowest BCUT2D eigenvalue weighted by atomic mass is 10.3. The molecule has 118 valence electrons. The maximum atomic E-state index is 11.9. The number of hydrogen-bond acceptors (Lipinski definition) is 4. The van der Waals surface area contributed by atoms with Crippen LogP contribution in [0.5, 0.6) is 5.75 Å². The van der Waals surface area contributed by atoms with Crippen molar-refractivity contribution in [1.29, 1.82) is 0 Å². The van der Waals surface area contributed by atoms with E-state index in [4.69, 9.17) is 9.15 Å². The number of amides is 1. The van der Waals surface area contributed by atoms with Gasteiger partial charge in [0.05, 0.1) is 26.0 Å². The first-order valence-corrected chi connectivity index (χ1v) is 7.53. The van der Waals surface area contributed by atoms with Gasteiger partial charge >= 0.3 is 0 Å². The molecule has 1 heterocycles. The van der Waals surface area contributed by atoms with Crippen LogP contribution in [0.1, 0.15) is 25.5 Å². The van der Waals surface area contributed by atoms with Crippen molar-refractivity contribution in [1.82, 2.24) is 5.32 Å². The molecule has 0 bridgehead atoms. The van der Waals surface area contributed by atoms with Crippen LogP contribution in [0.2, 0.25) is 0 Å². The fourth-order valence-electron chi connectivity index (χ4n) is 1.92. The molecule has 2 rings (SSSR count). The summed E-state index contributed by atoms with van der Waals surface area (Å²) in [6.45, 7) is 3.57. The summed E-state index contributed by atoms with van der Waals surface area (Å²) in [5.74, 6) is 1.48. The predicted octanol–water partition coefficient (Wildman–Crippen LogP) is 3.19. The summed E-state index contributed by atoms with van der Waals surface area (Å²) in [4.78, 5) is 11.9. The maximum Gasteiger partial charge on any atom is 0.238 e. The molecule has 22 heavy (non-hydrogen) atoms. The van der Waals surface area contributed by atoms with Gasteiger partial charge in [-0.3, -0.25) is 4.79 Å². The van der Waals surface area contributed by atoms with Gasteiger partial charge in [-0.1, -0.05) is 19.4 Å². The number of carbonyl (C=O) groups excluding carboxylic acids is 1. The predicted molar refractivity (Wildman–Crippen MR) is 85.9 cm³/mol. The third-order valence-electron chi connectivity index (χ3n) is 3.05. The molecule has 0 saturated carbocycles. The van der Waals surface area contributed by atoms with Crippen LogP contribution >= 0.6 is 0 Å². The van der Waals surface area contributed by atoms with E-state index in [2.05, 4.69) is 17.6 Å². The van der Waals surface area contributed by atoms with Crippen molar-refractivity contribution in [2.45, 2.75) is 26.3 Å². The van der Waals surface area contributed by atoms with Crippen LogP contribution in [0.15, 0.2) is 47.1 Å². The van der Waals surface area contributed by atoms with Crippen molar-refractivity contribution in [3.63, 3.8) is 0 Å². The summed E-state index contributed by atoms with van der Waals surface area (Å²) in [6.07, 6.45) is 3.73. The van der Waals surface area contributed by atoms with Gasteiger partial charge in [0.25, 0.3) is 0 Å². The fourth-order valence-corrected chi connectivity index (χ4v) is 1.92. The molecule has 1 aromatic carbocycles. The second-order valence-electron chi connectivity index (χ2n) is 4.96. The molecule has 0 aliphatic carbocycles. The molecule has 0 fully saturated rings. The van der Waals surface area contributed by atoms with Crippen LogP contribution in [0.3, 0.4) is 0 Å². The Morgan fingerprint density at radius 3 is 2.95 bits per heavy atom. The number of anilines is 1. The smallest absolute Gasteiger partial charge is 0.238 e. The number of nitrogens with one attached hydrogen (secondary N) is 2. The second-order valence-corrected chi connectivity index (χ2v) is 4.96. The van der Waals surface area contributed by atoms with E-state index < -0.39 is 0 Å². The molecule has 5 nitrogen and oxygen atoms in total. The highest BCUT2D eigenvalue weighted by Gasteiger charge is 2.04. The molecule has 2 aromatic rings. The number of unbranched alkanes of at least 4 members (excludes halogenated alkanes) is 1. The van der Waals surface area contributed by atoms with Gasteiger partial charge in [-0.05, 0) is 30.7 Å². The largest absolute Gasteiger partial charge is 0.494 e. The van der Waals surface area contributed by atoms with E-state index in [1.54, 1.807) is 6.26 Å². The number of furan rings is 1. The molecule has 0 spiro atoms. The van der Waals surface area contributed by atoms with Gasteiger partial charge in [-0.15, -0.1) is 0 Å². The zero-order chi connectivity index (χ0) is 15.6. The summed E-state index contributed by atoms with van der Waals surface area (Å²) >= 11 is 0. The lowest BCUT2D eigenvalue weighted by Crippen LogP contribution is -2.27. The molecule has 5 heteroatoms. The average molecular weight is 302 g/mol. The summed E-state index contributed by atoms with van der Waals surface area (Å²) in [6, 6.07) is 11.1. The number of carbonyl (C=O) groups is 1. The van der Waals surface area contributed by atoms with Gasteiger partial charge in [-0.25, -0.2) is 0 Å². The van der Waals surface area contributed by atoms with Crippen molar-refractivity contribution in [2.24, 2.45) is 0 Å². The Morgan fingerprint density at radius 2 is 2.18 bits per heavy atom.